The zero-order valence-corrected chi connectivity index (χ0v) is 19.2. The van der Waals surface area contributed by atoms with Gasteiger partial charge in [0, 0.05) is 12.0 Å². The van der Waals surface area contributed by atoms with Crippen LogP contribution in [0.4, 0.5) is 4.79 Å². The van der Waals surface area contributed by atoms with Gasteiger partial charge in [-0.2, -0.15) is 0 Å². The van der Waals surface area contributed by atoms with Gasteiger partial charge in [0.2, 0.25) is 10.0 Å². The number of hydrogen-bond acceptors (Lipinski definition) is 7. The molecule has 0 fully saturated rings. The topological polar surface area (TPSA) is 131 Å². The molecule has 0 radical (unpaired) electrons. The number of benzene rings is 1. The molecule has 172 valence electrons. The normalized spacial score (nSPS) is 21.7. The molecule has 1 aromatic rings. The first-order valence-corrected chi connectivity index (χ1v) is 11.4. The number of esters is 1. The third-order valence-electron chi connectivity index (χ3n) is 4.48. The second kappa shape index (κ2) is 9.80. The van der Waals surface area contributed by atoms with Crippen LogP contribution in [-0.4, -0.2) is 56.0 Å². The van der Waals surface area contributed by atoms with Crippen molar-refractivity contribution >= 4 is 22.1 Å². The molecule has 0 bridgehead atoms. The van der Waals surface area contributed by atoms with Gasteiger partial charge in [-0.05, 0) is 52.8 Å². The number of sulfonamides is 1. The van der Waals surface area contributed by atoms with Crippen LogP contribution < -0.4 is 10.0 Å². The largest absolute Gasteiger partial charge is 0.463 e. The molecule has 1 amide bonds. The second-order valence-electron chi connectivity index (χ2n) is 8.32. The first kappa shape index (κ1) is 24.8. The highest BCUT2D eigenvalue weighted by Gasteiger charge is 2.39. The average Bonchev–Trinajstić information content (AvgIpc) is 2.63. The third kappa shape index (κ3) is 7.05. The first-order chi connectivity index (χ1) is 14.3. The Morgan fingerprint density at radius 3 is 2.35 bits per heavy atom. The van der Waals surface area contributed by atoms with E-state index < -0.39 is 45.9 Å². The van der Waals surface area contributed by atoms with Crippen molar-refractivity contribution in [1.29, 1.82) is 0 Å². The van der Waals surface area contributed by atoms with Crippen LogP contribution in [0.1, 0.15) is 39.7 Å². The van der Waals surface area contributed by atoms with Crippen LogP contribution in [0.25, 0.3) is 0 Å². The van der Waals surface area contributed by atoms with Gasteiger partial charge in [-0.3, -0.25) is 0 Å². The summed E-state index contributed by atoms with van der Waals surface area (Å²) in [6, 6.07) is 4.13. The summed E-state index contributed by atoms with van der Waals surface area (Å²) in [5.74, 6) is -0.641. The van der Waals surface area contributed by atoms with Gasteiger partial charge >= 0.3 is 12.1 Å². The number of aliphatic hydroxyl groups excluding tert-OH is 1. The van der Waals surface area contributed by atoms with Crippen LogP contribution in [0, 0.1) is 6.92 Å². The van der Waals surface area contributed by atoms with Gasteiger partial charge in [0.25, 0.3) is 0 Å². The fraction of sp³-hybridized carbons (Fsp3) is 0.524. The van der Waals surface area contributed by atoms with Crippen molar-refractivity contribution in [2.75, 3.05) is 6.61 Å². The summed E-state index contributed by atoms with van der Waals surface area (Å²) in [6.07, 6.45) is -0.980. The number of ether oxygens (including phenoxy) is 2. The fourth-order valence-electron chi connectivity index (χ4n) is 3.07. The molecule has 0 aromatic heterocycles. The Labute approximate surface area is 182 Å². The minimum atomic E-state index is -4.01. The van der Waals surface area contributed by atoms with Crippen LogP contribution in [-0.2, 0) is 24.3 Å². The van der Waals surface area contributed by atoms with Gasteiger partial charge in [-0.1, -0.05) is 17.7 Å². The monoisotopic (exact) mass is 454 g/mol. The van der Waals surface area contributed by atoms with E-state index in [-0.39, 0.29) is 23.5 Å². The molecule has 0 aliphatic heterocycles. The van der Waals surface area contributed by atoms with Crippen LogP contribution in [0.3, 0.4) is 0 Å². The van der Waals surface area contributed by atoms with E-state index in [4.69, 9.17) is 9.47 Å². The summed E-state index contributed by atoms with van der Waals surface area (Å²) < 4.78 is 38.4. The molecule has 2 rings (SSSR count). The van der Waals surface area contributed by atoms with Gasteiger partial charge in [-0.15, -0.1) is 0 Å². The van der Waals surface area contributed by atoms with Gasteiger partial charge < -0.3 is 19.9 Å². The summed E-state index contributed by atoms with van der Waals surface area (Å²) in [7, 11) is -4.01. The number of hydrogen-bond donors (Lipinski definition) is 3. The van der Waals surface area contributed by atoms with Crippen LogP contribution in [0.15, 0.2) is 40.8 Å². The third-order valence-corrected chi connectivity index (χ3v) is 5.95. The maximum atomic E-state index is 12.9. The highest BCUT2D eigenvalue weighted by Crippen LogP contribution is 2.23. The van der Waals surface area contributed by atoms with E-state index in [1.165, 1.54) is 18.2 Å². The number of carbonyl (C=O) groups excluding carboxylic acids is 2. The van der Waals surface area contributed by atoms with Crippen molar-refractivity contribution in [2.45, 2.75) is 69.7 Å². The molecule has 0 saturated carbocycles. The molecule has 9 nitrogen and oxygen atoms in total. The van der Waals surface area contributed by atoms with Gasteiger partial charge in [0.1, 0.15) is 5.60 Å². The number of aryl methyl sites for hydroxylation is 1. The Morgan fingerprint density at radius 2 is 1.81 bits per heavy atom. The maximum Gasteiger partial charge on any atom is 0.407 e. The lowest BCUT2D eigenvalue weighted by molar-refractivity contribution is -0.139. The van der Waals surface area contributed by atoms with Gasteiger partial charge in [0.05, 0.1) is 29.7 Å². The number of nitrogens with one attached hydrogen (secondary N) is 2. The van der Waals surface area contributed by atoms with Crippen LogP contribution in [0.5, 0.6) is 0 Å². The summed E-state index contributed by atoms with van der Waals surface area (Å²) in [6.45, 7) is 8.67. The number of amides is 1. The summed E-state index contributed by atoms with van der Waals surface area (Å²) >= 11 is 0. The number of aliphatic hydroxyl groups is 1. The summed E-state index contributed by atoms with van der Waals surface area (Å²) in [5.41, 5.74) is 0.248. The van der Waals surface area contributed by atoms with Crippen LogP contribution >= 0.6 is 0 Å². The van der Waals surface area contributed by atoms with E-state index in [1.807, 2.05) is 6.92 Å². The summed E-state index contributed by atoms with van der Waals surface area (Å²) in [4.78, 5) is 24.5. The highest BCUT2D eigenvalue weighted by molar-refractivity contribution is 7.89. The van der Waals surface area contributed by atoms with E-state index in [0.29, 0.717) is 0 Å². The lowest BCUT2D eigenvalue weighted by atomic mass is 9.88. The molecule has 0 spiro atoms. The Hall–Kier alpha value is -2.43. The molecule has 3 atom stereocenters. The smallest absolute Gasteiger partial charge is 0.407 e. The van der Waals surface area contributed by atoms with Crippen molar-refractivity contribution < 1.29 is 32.6 Å². The molecule has 1 aliphatic carbocycles. The fourth-order valence-corrected chi connectivity index (χ4v) is 4.36. The molecular formula is C21H30N2O7S. The van der Waals surface area contributed by atoms with Crippen molar-refractivity contribution in [3.63, 3.8) is 0 Å². The predicted molar refractivity (Wildman–Crippen MR) is 114 cm³/mol. The van der Waals surface area contributed by atoms with Gasteiger partial charge in [0.15, 0.2) is 0 Å². The predicted octanol–water partition coefficient (Wildman–Crippen LogP) is 1.79. The van der Waals surface area contributed by atoms with Gasteiger partial charge in [-0.25, -0.2) is 22.7 Å². The molecule has 0 heterocycles. The molecule has 1 aliphatic rings. The van der Waals surface area contributed by atoms with Crippen molar-refractivity contribution in [3.05, 3.63) is 41.5 Å². The zero-order valence-electron chi connectivity index (χ0n) is 18.3. The molecule has 0 unspecified atom stereocenters. The first-order valence-electron chi connectivity index (χ1n) is 9.97. The molecule has 31 heavy (non-hydrogen) atoms. The van der Waals surface area contributed by atoms with E-state index in [1.54, 1.807) is 39.8 Å². The molecular weight excluding hydrogens is 424 g/mol. The van der Waals surface area contributed by atoms with Crippen molar-refractivity contribution in [3.8, 4) is 0 Å². The molecule has 3 N–H and O–H groups in total. The quantitative estimate of drug-likeness (QED) is 0.559. The lowest BCUT2D eigenvalue weighted by Gasteiger charge is -2.35. The van der Waals surface area contributed by atoms with E-state index in [0.717, 1.165) is 5.56 Å². The Kier molecular flexibility index (Phi) is 7.85. The number of carbonyl (C=O) groups is 2. The molecule has 1 aromatic carbocycles. The van der Waals surface area contributed by atoms with E-state index >= 15 is 0 Å². The zero-order chi connectivity index (χ0) is 23.4. The lowest BCUT2D eigenvalue weighted by Crippen LogP contribution is -2.59. The number of rotatable bonds is 6. The Bertz CT molecular complexity index is 933. The van der Waals surface area contributed by atoms with E-state index in [2.05, 4.69) is 10.0 Å². The van der Waals surface area contributed by atoms with Crippen molar-refractivity contribution in [1.82, 2.24) is 10.0 Å². The minimum Gasteiger partial charge on any atom is -0.463 e. The van der Waals surface area contributed by atoms with Crippen LogP contribution in [0.2, 0.25) is 0 Å². The molecule has 0 saturated heterocycles. The maximum absolute atomic E-state index is 12.9. The minimum absolute atomic E-state index is 0.0153. The Balaban J connectivity index is 2.32. The second-order valence-corrected chi connectivity index (χ2v) is 10.0. The highest BCUT2D eigenvalue weighted by atomic mass is 32.2. The SMILES string of the molecule is CCOC(=O)C1=C[C@@H](O)[C@H](NS(=O)(=O)c2ccc(C)cc2)[C@@H](NC(=O)OC(C)(C)C)C1. The summed E-state index contributed by atoms with van der Waals surface area (Å²) in [5, 5.41) is 13.2. The Morgan fingerprint density at radius 1 is 1.19 bits per heavy atom. The van der Waals surface area contributed by atoms with Crippen molar-refractivity contribution in [2.24, 2.45) is 0 Å². The average molecular weight is 455 g/mol. The number of alkyl carbamates (subject to hydrolysis) is 1. The molecule has 10 heteroatoms. The standard InChI is InChI=1S/C21H30N2O7S/c1-6-29-19(25)14-11-16(22-20(26)30-21(3,4)5)18(17(24)12-14)23-31(27,28)15-9-7-13(2)8-10-15/h7-10,12,16-18,23-24H,6,11H2,1-5H3,(H,22,26)/t16-,17+,18+/m0/s1. The van der Waals surface area contributed by atoms with E-state index in [9.17, 15) is 23.1 Å².